The first-order valence-corrected chi connectivity index (χ1v) is 7.45. The van der Waals surface area contributed by atoms with Gasteiger partial charge >= 0.3 is 5.97 Å². The molecule has 0 unspecified atom stereocenters. The summed E-state index contributed by atoms with van der Waals surface area (Å²) in [6, 6.07) is -2.03. The van der Waals surface area contributed by atoms with Gasteiger partial charge in [0.2, 0.25) is 11.8 Å². The Hall–Kier alpha value is -1.99. The average molecular weight is 332 g/mol. The van der Waals surface area contributed by atoms with Gasteiger partial charge in [0.05, 0.1) is 12.0 Å². The molecule has 0 aromatic rings. The van der Waals surface area contributed by atoms with Gasteiger partial charge < -0.3 is 15.7 Å². The van der Waals surface area contributed by atoms with Crippen LogP contribution in [-0.4, -0.2) is 46.9 Å². The molecular formula is C15H25FN2O5. The molecule has 0 aliphatic rings. The monoisotopic (exact) mass is 332 g/mol. The Kier molecular flexibility index (Phi) is 8.42. The topological polar surface area (TPSA) is 113 Å². The van der Waals surface area contributed by atoms with Crippen molar-refractivity contribution in [3.8, 4) is 0 Å². The fourth-order valence-corrected chi connectivity index (χ4v) is 1.94. The molecule has 2 amide bonds. The average Bonchev–Trinajstić information content (AvgIpc) is 2.42. The summed E-state index contributed by atoms with van der Waals surface area (Å²) in [5.74, 6) is -4.83. The third-order valence-corrected chi connectivity index (χ3v) is 3.29. The van der Waals surface area contributed by atoms with Crippen molar-refractivity contribution in [2.24, 2.45) is 11.8 Å². The highest BCUT2D eigenvalue weighted by Crippen LogP contribution is 2.12. The lowest BCUT2D eigenvalue weighted by molar-refractivity contribution is -0.147. The van der Waals surface area contributed by atoms with Gasteiger partial charge in [0.25, 0.3) is 0 Å². The van der Waals surface area contributed by atoms with E-state index in [4.69, 9.17) is 5.11 Å². The van der Waals surface area contributed by atoms with Crippen molar-refractivity contribution in [1.29, 1.82) is 0 Å². The summed E-state index contributed by atoms with van der Waals surface area (Å²) in [6.45, 7) is 7.35. The van der Waals surface area contributed by atoms with E-state index in [2.05, 4.69) is 10.6 Å². The molecule has 23 heavy (non-hydrogen) atoms. The molecule has 0 bridgehead atoms. The first-order chi connectivity index (χ1) is 10.5. The summed E-state index contributed by atoms with van der Waals surface area (Å²) in [5, 5.41) is 13.5. The Morgan fingerprint density at radius 1 is 1.04 bits per heavy atom. The summed E-state index contributed by atoms with van der Waals surface area (Å²) < 4.78 is 13.8. The quantitative estimate of drug-likeness (QED) is 0.574. The van der Waals surface area contributed by atoms with Gasteiger partial charge in [-0.05, 0) is 26.2 Å². The molecule has 0 saturated carbocycles. The number of hydrogen-bond donors (Lipinski definition) is 3. The van der Waals surface area contributed by atoms with Crippen molar-refractivity contribution >= 4 is 23.6 Å². The SMILES string of the molecule is CC(=O)N[C@@H](CC(C)C)C(=O)N[C@H](C)C(=O)[C@H](F)[C@@H](C)C(=O)O. The van der Waals surface area contributed by atoms with Crippen LogP contribution in [0.2, 0.25) is 0 Å². The van der Waals surface area contributed by atoms with Gasteiger partial charge in [0.15, 0.2) is 12.0 Å². The van der Waals surface area contributed by atoms with Crippen LogP contribution in [-0.2, 0) is 19.2 Å². The molecule has 8 heteroatoms. The summed E-state index contributed by atoms with van der Waals surface area (Å²) in [6.07, 6.45) is -1.86. The third-order valence-electron chi connectivity index (χ3n) is 3.29. The molecule has 0 saturated heterocycles. The highest BCUT2D eigenvalue weighted by Gasteiger charge is 2.34. The van der Waals surface area contributed by atoms with E-state index in [-0.39, 0.29) is 5.92 Å². The molecule has 3 N–H and O–H groups in total. The molecule has 0 radical (unpaired) electrons. The van der Waals surface area contributed by atoms with Crippen LogP contribution in [0, 0.1) is 11.8 Å². The Balaban J connectivity index is 4.86. The number of ketones is 1. The maximum Gasteiger partial charge on any atom is 0.309 e. The maximum atomic E-state index is 13.8. The lowest BCUT2D eigenvalue weighted by Crippen LogP contribution is -2.52. The van der Waals surface area contributed by atoms with Crippen molar-refractivity contribution in [1.82, 2.24) is 10.6 Å². The van der Waals surface area contributed by atoms with Gasteiger partial charge in [0, 0.05) is 6.92 Å². The molecule has 132 valence electrons. The minimum Gasteiger partial charge on any atom is -0.481 e. The highest BCUT2D eigenvalue weighted by atomic mass is 19.1. The number of rotatable bonds is 9. The van der Waals surface area contributed by atoms with Gasteiger partial charge in [-0.2, -0.15) is 0 Å². The summed E-state index contributed by atoms with van der Waals surface area (Å²) >= 11 is 0. The normalized spacial score (nSPS) is 16.1. The van der Waals surface area contributed by atoms with Crippen molar-refractivity contribution in [3.63, 3.8) is 0 Å². The standard InChI is InChI=1S/C15H25FN2O5/c1-7(2)6-11(18-10(5)19)14(21)17-9(4)13(20)12(16)8(3)15(22)23/h7-9,11-12H,6H2,1-5H3,(H,17,21)(H,18,19)(H,22,23)/t8-,9-,11+,12-/m1/s1. The summed E-state index contributed by atoms with van der Waals surface area (Å²) in [7, 11) is 0. The molecule has 4 atom stereocenters. The number of carbonyl (C=O) groups excluding carboxylic acids is 3. The minimum absolute atomic E-state index is 0.115. The molecule has 7 nitrogen and oxygen atoms in total. The van der Waals surface area contributed by atoms with Gasteiger partial charge in [-0.25, -0.2) is 4.39 Å². The Morgan fingerprint density at radius 3 is 1.96 bits per heavy atom. The number of aliphatic carboxylic acids is 1. The van der Waals surface area contributed by atoms with E-state index in [0.717, 1.165) is 6.92 Å². The van der Waals surface area contributed by atoms with Crippen LogP contribution in [0.1, 0.15) is 41.0 Å². The number of amides is 2. The smallest absolute Gasteiger partial charge is 0.309 e. The van der Waals surface area contributed by atoms with Gasteiger partial charge in [-0.1, -0.05) is 13.8 Å². The molecule has 0 spiro atoms. The second-order valence-electron chi connectivity index (χ2n) is 6.04. The molecule has 0 aromatic heterocycles. The number of hydrogen-bond acceptors (Lipinski definition) is 4. The van der Waals surface area contributed by atoms with Crippen LogP contribution in [0.15, 0.2) is 0 Å². The molecule has 0 heterocycles. The molecule has 0 aromatic carbocycles. The van der Waals surface area contributed by atoms with Gasteiger partial charge in [-0.3, -0.25) is 19.2 Å². The maximum absolute atomic E-state index is 13.8. The minimum atomic E-state index is -2.22. The first kappa shape index (κ1) is 21.0. The lowest BCUT2D eigenvalue weighted by Gasteiger charge is -2.23. The lowest BCUT2D eigenvalue weighted by atomic mass is 9.98. The fraction of sp³-hybridized carbons (Fsp3) is 0.733. The van der Waals surface area contributed by atoms with E-state index in [9.17, 15) is 23.6 Å². The van der Waals surface area contributed by atoms with E-state index in [1.807, 2.05) is 13.8 Å². The van der Waals surface area contributed by atoms with E-state index in [1.54, 1.807) is 0 Å². The van der Waals surface area contributed by atoms with E-state index < -0.39 is 47.7 Å². The predicted octanol–water partition coefficient (Wildman–Crippen LogP) is 0.670. The van der Waals surface area contributed by atoms with Gasteiger partial charge in [0.1, 0.15) is 6.04 Å². The number of halogens is 1. The molecule has 0 aliphatic heterocycles. The summed E-state index contributed by atoms with van der Waals surface area (Å²) in [4.78, 5) is 45.9. The van der Waals surface area contributed by atoms with Crippen molar-refractivity contribution in [2.75, 3.05) is 0 Å². The molecule has 0 aliphatic carbocycles. The zero-order valence-electron chi connectivity index (χ0n) is 14.1. The van der Waals surface area contributed by atoms with Crippen LogP contribution in [0.25, 0.3) is 0 Å². The van der Waals surface area contributed by atoms with Crippen LogP contribution in [0.5, 0.6) is 0 Å². The summed E-state index contributed by atoms with van der Waals surface area (Å²) in [5.41, 5.74) is 0. The van der Waals surface area contributed by atoms with Gasteiger partial charge in [-0.15, -0.1) is 0 Å². The Morgan fingerprint density at radius 2 is 1.57 bits per heavy atom. The molecule has 0 rings (SSSR count). The zero-order chi connectivity index (χ0) is 18.3. The third kappa shape index (κ3) is 7.21. The number of Topliss-reactive ketones (excluding diaryl/α,β-unsaturated/α-hetero) is 1. The van der Waals surface area contributed by atoms with Crippen molar-refractivity contribution in [3.05, 3.63) is 0 Å². The number of alkyl halides is 1. The number of nitrogens with one attached hydrogen (secondary N) is 2. The predicted molar refractivity (Wildman–Crippen MR) is 81.4 cm³/mol. The van der Waals surface area contributed by atoms with Crippen molar-refractivity contribution in [2.45, 2.75) is 59.3 Å². The van der Waals surface area contributed by atoms with Crippen LogP contribution < -0.4 is 10.6 Å². The second kappa shape index (κ2) is 9.22. The van der Waals surface area contributed by atoms with E-state index in [1.165, 1.54) is 13.8 Å². The largest absolute Gasteiger partial charge is 0.481 e. The number of carboxylic acid groups (broad SMARTS) is 1. The number of carboxylic acids is 1. The fourth-order valence-electron chi connectivity index (χ4n) is 1.94. The number of carbonyl (C=O) groups is 4. The second-order valence-corrected chi connectivity index (χ2v) is 6.04. The molecule has 0 fully saturated rings. The highest BCUT2D eigenvalue weighted by molar-refractivity contribution is 5.95. The van der Waals surface area contributed by atoms with Crippen LogP contribution in [0.4, 0.5) is 4.39 Å². The zero-order valence-corrected chi connectivity index (χ0v) is 14.1. The Labute approximate surface area is 135 Å². The van der Waals surface area contributed by atoms with E-state index in [0.29, 0.717) is 6.42 Å². The van der Waals surface area contributed by atoms with E-state index >= 15 is 0 Å². The van der Waals surface area contributed by atoms with Crippen LogP contribution >= 0.6 is 0 Å². The molecular weight excluding hydrogens is 307 g/mol. The van der Waals surface area contributed by atoms with Crippen molar-refractivity contribution < 1.29 is 28.7 Å². The van der Waals surface area contributed by atoms with Crippen LogP contribution in [0.3, 0.4) is 0 Å². The Bertz CT molecular complexity index is 467. The first-order valence-electron chi connectivity index (χ1n) is 7.45.